The first kappa shape index (κ1) is 27.0. The second-order valence-corrected chi connectivity index (χ2v) is 11.0. The standard InChI is InChI=1S/C32H38N4O3/c1-3-21-4-8-23(9-5-21)24-12-14-25(15-13-24)27-17-34-30(35-18-27)26-10-6-22(7-11-26)16-29(33)31(37)36-19-28(20-36)32(38)39-2/h6-7,10-15,17-18,21,23,28-29H,3-5,8-9,16,19-20,33H2,1-2H3/t21-,23-,29-/m0/s1. The molecule has 1 aliphatic heterocycles. The van der Waals surface area contributed by atoms with Gasteiger partial charge in [0.15, 0.2) is 5.82 Å². The molecule has 0 radical (unpaired) electrons. The molecule has 1 amide bonds. The lowest BCUT2D eigenvalue weighted by molar-refractivity contribution is -0.156. The van der Waals surface area contributed by atoms with E-state index in [2.05, 4.69) is 41.2 Å². The summed E-state index contributed by atoms with van der Waals surface area (Å²) in [5.74, 6) is 1.58. The van der Waals surface area contributed by atoms with Crippen LogP contribution in [0, 0.1) is 11.8 Å². The van der Waals surface area contributed by atoms with E-state index in [4.69, 9.17) is 10.5 Å². The highest BCUT2D eigenvalue weighted by Gasteiger charge is 2.38. The van der Waals surface area contributed by atoms with Crippen LogP contribution in [0.4, 0.5) is 0 Å². The van der Waals surface area contributed by atoms with Crippen molar-refractivity contribution in [3.8, 4) is 22.5 Å². The molecule has 204 valence electrons. The predicted molar refractivity (Wildman–Crippen MR) is 152 cm³/mol. The molecule has 0 spiro atoms. The smallest absolute Gasteiger partial charge is 0.312 e. The van der Waals surface area contributed by atoms with E-state index in [-0.39, 0.29) is 17.8 Å². The maximum Gasteiger partial charge on any atom is 0.312 e. The molecule has 2 fully saturated rings. The first-order valence-corrected chi connectivity index (χ1v) is 14.1. The van der Waals surface area contributed by atoms with Gasteiger partial charge in [-0.3, -0.25) is 9.59 Å². The Kier molecular flexibility index (Phi) is 8.36. The summed E-state index contributed by atoms with van der Waals surface area (Å²) in [5.41, 5.74) is 11.6. The van der Waals surface area contributed by atoms with Gasteiger partial charge in [-0.05, 0) is 60.6 Å². The number of nitrogens with zero attached hydrogens (tertiary/aromatic N) is 3. The monoisotopic (exact) mass is 526 g/mol. The molecule has 1 aliphatic carbocycles. The molecule has 7 heteroatoms. The van der Waals surface area contributed by atoms with Crippen molar-refractivity contribution in [2.75, 3.05) is 20.2 Å². The summed E-state index contributed by atoms with van der Waals surface area (Å²) < 4.78 is 4.73. The zero-order chi connectivity index (χ0) is 27.4. The number of rotatable bonds is 8. The molecule has 1 saturated carbocycles. The number of likely N-dealkylation sites (tertiary alicyclic amines) is 1. The molecular formula is C32H38N4O3. The number of esters is 1. The fourth-order valence-electron chi connectivity index (χ4n) is 5.82. The average molecular weight is 527 g/mol. The first-order valence-electron chi connectivity index (χ1n) is 14.1. The van der Waals surface area contributed by atoms with E-state index in [9.17, 15) is 9.59 Å². The van der Waals surface area contributed by atoms with Crippen molar-refractivity contribution >= 4 is 11.9 Å². The first-order chi connectivity index (χ1) is 18.9. The van der Waals surface area contributed by atoms with Gasteiger partial charge in [-0.2, -0.15) is 0 Å². The van der Waals surface area contributed by atoms with E-state index in [0.29, 0.717) is 31.3 Å². The molecule has 1 atom stereocenters. The molecule has 0 unspecified atom stereocenters. The number of benzene rings is 2. The highest BCUT2D eigenvalue weighted by Crippen LogP contribution is 2.37. The number of carbonyl (C=O) groups is 2. The normalized spacial score (nSPS) is 20.2. The number of hydrogen-bond acceptors (Lipinski definition) is 6. The van der Waals surface area contributed by atoms with Gasteiger partial charge in [-0.1, -0.05) is 61.9 Å². The fraction of sp³-hybridized carbons (Fsp3) is 0.438. The highest BCUT2D eigenvalue weighted by molar-refractivity contribution is 5.85. The summed E-state index contributed by atoms with van der Waals surface area (Å²) >= 11 is 0. The van der Waals surface area contributed by atoms with Crippen molar-refractivity contribution in [3.05, 3.63) is 72.1 Å². The van der Waals surface area contributed by atoms with Gasteiger partial charge in [0, 0.05) is 36.6 Å². The molecule has 2 aromatic carbocycles. The second kappa shape index (κ2) is 12.1. The number of carbonyl (C=O) groups excluding carboxylic acids is 2. The quantitative estimate of drug-likeness (QED) is 0.415. The van der Waals surface area contributed by atoms with Crippen LogP contribution >= 0.6 is 0 Å². The van der Waals surface area contributed by atoms with E-state index < -0.39 is 6.04 Å². The number of hydrogen-bond donors (Lipinski definition) is 1. The average Bonchev–Trinajstić information content (AvgIpc) is 2.97. The zero-order valence-electron chi connectivity index (χ0n) is 22.9. The third kappa shape index (κ3) is 6.19. The summed E-state index contributed by atoms with van der Waals surface area (Å²) in [7, 11) is 1.36. The largest absolute Gasteiger partial charge is 0.469 e. The lowest BCUT2D eigenvalue weighted by Crippen LogP contribution is -2.57. The minimum atomic E-state index is -0.650. The molecule has 1 aromatic heterocycles. The lowest BCUT2D eigenvalue weighted by atomic mass is 9.78. The van der Waals surface area contributed by atoms with Crippen molar-refractivity contribution in [2.45, 2.75) is 57.4 Å². The number of ether oxygens (including phenoxy) is 1. The maximum atomic E-state index is 12.6. The Labute approximate surface area is 230 Å². The minimum absolute atomic E-state index is 0.143. The van der Waals surface area contributed by atoms with Crippen LogP contribution in [0.15, 0.2) is 60.9 Å². The topological polar surface area (TPSA) is 98.4 Å². The summed E-state index contributed by atoms with van der Waals surface area (Å²) in [6.45, 7) is 3.05. The van der Waals surface area contributed by atoms with Crippen LogP contribution in [0.1, 0.15) is 56.1 Å². The van der Waals surface area contributed by atoms with Gasteiger partial charge in [-0.25, -0.2) is 9.97 Å². The van der Waals surface area contributed by atoms with E-state index in [1.54, 1.807) is 4.90 Å². The number of nitrogens with two attached hydrogens (primary N) is 1. The Morgan fingerprint density at radius 3 is 2.13 bits per heavy atom. The van der Waals surface area contributed by atoms with Gasteiger partial charge in [0.05, 0.1) is 19.1 Å². The van der Waals surface area contributed by atoms with Crippen LogP contribution in [-0.4, -0.2) is 53.0 Å². The van der Waals surface area contributed by atoms with Crippen LogP contribution in [0.3, 0.4) is 0 Å². The van der Waals surface area contributed by atoms with E-state index in [0.717, 1.165) is 28.2 Å². The summed E-state index contributed by atoms with van der Waals surface area (Å²) in [4.78, 5) is 35.0. The van der Waals surface area contributed by atoms with Crippen molar-refractivity contribution in [1.82, 2.24) is 14.9 Å². The molecule has 2 aliphatic rings. The van der Waals surface area contributed by atoms with Crippen molar-refractivity contribution in [1.29, 1.82) is 0 Å². The van der Waals surface area contributed by atoms with Crippen LogP contribution in [0.5, 0.6) is 0 Å². The molecule has 1 saturated heterocycles. The molecule has 7 nitrogen and oxygen atoms in total. The van der Waals surface area contributed by atoms with Crippen LogP contribution in [0.25, 0.3) is 22.5 Å². The van der Waals surface area contributed by atoms with Crippen LogP contribution in [0.2, 0.25) is 0 Å². The van der Waals surface area contributed by atoms with Crippen molar-refractivity contribution in [3.63, 3.8) is 0 Å². The second-order valence-electron chi connectivity index (χ2n) is 11.0. The third-order valence-electron chi connectivity index (χ3n) is 8.50. The SMILES string of the molecule is CC[C@H]1CC[C@H](c2ccc(-c3cnc(-c4ccc(C[C@H](N)C(=O)N5CC(C(=O)OC)C5)cc4)nc3)cc2)CC1. The Hall–Kier alpha value is -3.58. The van der Waals surface area contributed by atoms with Gasteiger partial charge < -0.3 is 15.4 Å². The predicted octanol–water partition coefficient (Wildman–Crippen LogP) is 5.00. The van der Waals surface area contributed by atoms with Gasteiger partial charge >= 0.3 is 5.97 Å². The van der Waals surface area contributed by atoms with Gasteiger partial charge in [-0.15, -0.1) is 0 Å². The molecule has 2 heterocycles. The van der Waals surface area contributed by atoms with Gasteiger partial charge in [0.25, 0.3) is 0 Å². The van der Waals surface area contributed by atoms with Crippen molar-refractivity contribution < 1.29 is 14.3 Å². The molecule has 5 rings (SSSR count). The van der Waals surface area contributed by atoms with E-state index in [1.807, 2.05) is 36.7 Å². The highest BCUT2D eigenvalue weighted by atomic mass is 16.5. The molecule has 0 bridgehead atoms. The number of aromatic nitrogens is 2. The Morgan fingerprint density at radius 1 is 0.923 bits per heavy atom. The van der Waals surface area contributed by atoms with E-state index in [1.165, 1.54) is 44.8 Å². The van der Waals surface area contributed by atoms with E-state index >= 15 is 0 Å². The Morgan fingerprint density at radius 2 is 1.54 bits per heavy atom. The molecule has 39 heavy (non-hydrogen) atoms. The summed E-state index contributed by atoms with van der Waals surface area (Å²) in [6.07, 6.45) is 10.8. The molecule has 3 aromatic rings. The van der Waals surface area contributed by atoms with Crippen LogP contribution < -0.4 is 5.73 Å². The lowest BCUT2D eigenvalue weighted by Gasteiger charge is -2.38. The van der Waals surface area contributed by atoms with Crippen molar-refractivity contribution in [2.24, 2.45) is 17.6 Å². The number of methoxy groups -OCH3 is 1. The molecule has 2 N–H and O–H groups in total. The Bertz CT molecular complexity index is 1260. The summed E-state index contributed by atoms with van der Waals surface area (Å²) in [6, 6.07) is 16.1. The maximum absolute atomic E-state index is 12.6. The van der Waals surface area contributed by atoms with Crippen LogP contribution in [-0.2, 0) is 20.7 Å². The molecular weight excluding hydrogens is 488 g/mol. The Balaban J connectivity index is 1.15. The minimum Gasteiger partial charge on any atom is -0.469 e. The summed E-state index contributed by atoms with van der Waals surface area (Å²) in [5, 5.41) is 0. The third-order valence-corrected chi connectivity index (χ3v) is 8.50. The fourth-order valence-corrected chi connectivity index (χ4v) is 5.82. The zero-order valence-corrected chi connectivity index (χ0v) is 22.9. The number of amides is 1. The van der Waals surface area contributed by atoms with Gasteiger partial charge in [0.2, 0.25) is 5.91 Å². The van der Waals surface area contributed by atoms with Gasteiger partial charge in [0.1, 0.15) is 0 Å².